The van der Waals surface area contributed by atoms with Gasteiger partial charge in [-0.1, -0.05) is 0 Å². The highest BCUT2D eigenvalue weighted by Crippen LogP contribution is 2.30. The molecule has 2 rings (SSSR count). The number of rotatable bonds is 4. The van der Waals surface area contributed by atoms with Gasteiger partial charge in [0.25, 0.3) is 0 Å². The number of amidine groups is 1. The van der Waals surface area contributed by atoms with Crippen molar-refractivity contribution in [3.8, 4) is 5.88 Å². The highest BCUT2D eigenvalue weighted by molar-refractivity contribution is 5.87. The fourth-order valence-electron chi connectivity index (χ4n) is 1.29. The summed E-state index contributed by atoms with van der Waals surface area (Å²) in [5, 5.41) is 0. The van der Waals surface area contributed by atoms with Crippen LogP contribution in [-0.2, 0) is 0 Å². The molecule has 0 atom stereocenters. The highest BCUT2D eigenvalue weighted by atomic mass is 16.5. The molecule has 80 valence electrons. The molecule has 0 unspecified atom stereocenters. The number of nitrogens with zero attached hydrogens (tertiary/aromatic N) is 2. The van der Waals surface area contributed by atoms with Crippen LogP contribution in [0.15, 0.2) is 23.3 Å². The Hall–Kier alpha value is -1.58. The molecule has 1 aromatic heterocycles. The van der Waals surface area contributed by atoms with Gasteiger partial charge in [-0.15, -0.1) is 0 Å². The summed E-state index contributed by atoms with van der Waals surface area (Å²) in [5.74, 6) is 1.85. The number of hydrogen-bond acceptors (Lipinski definition) is 3. The third-order valence-corrected chi connectivity index (χ3v) is 2.27. The van der Waals surface area contributed by atoms with Crippen molar-refractivity contribution in [1.29, 1.82) is 0 Å². The minimum atomic E-state index is 0.497. The summed E-state index contributed by atoms with van der Waals surface area (Å²) in [7, 11) is 0. The Balaban J connectivity index is 2.05. The first-order chi connectivity index (χ1) is 7.29. The van der Waals surface area contributed by atoms with Gasteiger partial charge in [-0.3, -0.25) is 0 Å². The first-order valence-corrected chi connectivity index (χ1v) is 5.22. The fourth-order valence-corrected chi connectivity index (χ4v) is 1.29. The average Bonchev–Trinajstić information content (AvgIpc) is 3.04. The van der Waals surface area contributed by atoms with Gasteiger partial charge in [0.2, 0.25) is 5.88 Å². The lowest BCUT2D eigenvalue weighted by molar-refractivity contribution is 0.327. The molecule has 4 heteroatoms. The summed E-state index contributed by atoms with van der Waals surface area (Å²) in [5.41, 5.74) is 6.59. The van der Waals surface area contributed by atoms with Crippen LogP contribution in [0, 0.1) is 5.92 Å². The molecule has 15 heavy (non-hydrogen) atoms. The maximum absolute atomic E-state index is 5.80. The lowest BCUT2D eigenvalue weighted by Crippen LogP contribution is -2.13. The Bertz CT molecular complexity index is 355. The second kappa shape index (κ2) is 4.29. The first kappa shape index (κ1) is 9.96. The van der Waals surface area contributed by atoms with E-state index in [4.69, 9.17) is 10.5 Å². The number of nitrogens with two attached hydrogens (primary N) is 1. The molecule has 0 amide bonds. The van der Waals surface area contributed by atoms with E-state index in [2.05, 4.69) is 9.98 Å². The largest absolute Gasteiger partial charge is 0.478 e. The minimum absolute atomic E-state index is 0.497. The molecule has 1 aliphatic carbocycles. The zero-order valence-corrected chi connectivity index (χ0v) is 8.81. The maximum atomic E-state index is 5.80. The molecule has 0 radical (unpaired) electrons. The summed E-state index contributed by atoms with van der Waals surface area (Å²) < 4.78 is 5.23. The summed E-state index contributed by atoms with van der Waals surface area (Å²) in [6.45, 7) is 2.55. The second-order valence-electron chi connectivity index (χ2n) is 3.60. The molecule has 0 aliphatic heterocycles. The number of pyridine rings is 1. The van der Waals surface area contributed by atoms with Crippen LogP contribution in [0.3, 0.4) is 0 Å². The van der Waals surface area contributed by atoms with Crippen LogP contribution in [-0.4, -0.2) is 17.4 Å². The van der Waals surface area contributed by atoms with Crippen LogP contribution in [0.4, 0.5) is 5.69 Å². The van der Waals surface area contributed by atoms with Gasteiger partial charge in [0.05, 0.1) is 18.5 Å². The molecule has 0 saturated heterocycles. The molecule has 1 heterocycles. The van der Waals surface area contributed by atoms with Gasteiger partial charge < -0.3 is 10.5 Å². The lowest BCUT2D eigenvalue weighted by atomic mass is 10.3. The predicted molar refractivity (Wildman–Crippen MR) is 59.4 cm³/mol. The van der Waals surface area contributed by atoms with E-state index in [0.29, 0.717) is 18.4 Å². The lowest BCUT2D eigenvalue weighted by Gasteiger charge is -2.01. The summed E-state index contributed by atoms with van der Waals surface area (Å²) in [6, 6.07) is 3.68. The molecular weight excluding hydrogens is 190 g/mol. The predicted octanol–water partition coefficient (Wildman–Crippen LogP) is 1.88. The number of aliphatic imine (C=N–C) groups is 1. The zero-order valence-electron chi connectivity index (χ0n) is 8.81. The second-order valence-corrected chi connectivity index (χ2v) is 3.60. The van der Waals surface area contributed by atoms with Crippen molar-refractivity contribution in [2.45, 2.75) is 19.8 Å². The van der Waals surface area contributed by atoms with E-state index in [1.165, 1.54) is 12.8 Å². The van der Waals surface area contributed by atoms with Crippen LogP contribution < -0.4 is 10.5 Å². The quantitative estimate of drug-likeness (QED) is 0.603. The van der Waals surface area contributed by atoms with E-state index < -0.39 is 0 Å². The smallest absolute Gasteiger partial charge is 0.213 e. The molecule has 1 saturated carbocycles. The molecule has 0 bridgehead atoms. The highest BCUT2D eigenvalue weighted by Gasteiger charge is 2.25. The Morgan fingerprint density at radius 2 is 2.40 bits per heavy atom. The third-order valence-electron chi connectivity index (χ3n) is 2.27. The molecule has 1 aromatic rings. The van der Waals surface area contributed by atoms with Crippen LogP contribution in [0.5, 0.6) is 5.88 Å². The molecule has 0 spiro atoms. The van der Waals surface area contributed by atoms with Crippen molar-refractivity contribution < 1.29 is 4.74 Å². The van der Waals surface area contributed by atoms with Crippen molar-refractivity contribution in [2.24, 2.45) is 16.6 Å². The van der Waals surface area contributed by atoms with Gasteiger partial charge in [-0.05, 0) is 25.8 Å². The van der Waals surface area contributed by atoms with Gasteiger partial charge in [0.1, 0.15) is 5.84 Å². The van der Waals surface area contributed by atoms with Crippen molar-refractivity contribution in [3.63, 3.8) is 0 Å². The standard InChI is InChI=1S/C11H15N3O/c1-2-15-10-6-5-9(7-13-10)14-11(12)8-3-4-8/h5-8H,2-4H2,1H3,(H2,12,14). The van der Waals surface area contributed by atoms with E-state index in [1.54, 1.807) is 6.20 Å². The number of ether oxygens (including phenoxy) is 1. The van der Waals surface area contributed by atoms with Gasteiger partial charge in [-0.2, -0.15) is 0 Å². The normalized spacial score (nSPS) is 16.5. The van der Waals surface area contributed by atoms with Crippen LogP contribution >= 0.6 is 0 Å². The maximum Gasteiger partial charge on any atom is 0.213 e. The van der Waals surface area contributed by atoms with E-state index >= 15 is 0 Å². The van der Waals surface area contributed by atoms with E-state index in [-0.39, 0.29) is 0 Å². The third kappa shape index (κ3) is 2.68. The summed E-state index contributed by atoms with van der Waals surface area (Å²) >= 11 is 0. The summed E-state index contributed by atoms with van der Waals surface area (Å²) in [6.07, 6.45) is 4.01. The first-order valence-electron chi connectivity index (χ1n) is 5.22. The van der Waals surface area contributed by atoms with Crippen LogP contribution in [0.1, 0.15) is 19.8 Å². The Labute approximate surface area is 89.2 Å². The molecule has 1 fully saturated rings. The van der Waals surface area contributed by atoms with E-state index in [9.17, 15) is 0 Å². The zero-order chi connectivity index (χ0) is 10.7. The molecular formula is C11H15N3O. The van der Waals surface area contributed by atoms with Crippen LogP contribution in [0.25, 0.3) is 0 Å². The Morgan fingerprint density at radius 3 is 2.93 bits per heavy atom. The average molecular weight is 205 g/mol. The van der Waals surface area contributed by atoms with Crippen LogP contribution in [0.2, 0.25) is 0 Å². The van der Waals surface area contributed by atoms with Gasteiger partial charge in [0, 0.05) is 12.0 Å². The molecule has 0 aromatic carbocycles. The fraction of sp³-hybridized carbons (Fsp3) is 0.455. The minimum Gasteiger partial charge on any atom is -0.478 e. The molecule has 1 aliphatic rings. The Morgan fingerprint density at radius 1 is 1.60 bits per heavy atom. The van der Waals surface area contributed by atoms with Gasteiger partial charge in [-0.25, -0.2) is 9.98 Å². The summed E-state index contributed by atoms with van der Waals surface area (Å²) in [4.78, 5) is 8.42. The molecule has 4 nitrogen and oxygen atoms in total. The van der Waals surface area contributed by atoms with E-state index in [1.807, 2.05) is 19.1 Å². The Kier molecular flexibility index (Phi) is 2.85. The van der Waals surface area contributed by atoms with Crippen molar-refractivity contribution in [2.75, 3.05) is 6.61 Å². The monoisotopic (exact) mass is 205 g/mol. The molecule has 2 N–H and O–H groups in total. The van der Waals surface area contributed by atoms with Gasteiger partial charge >= 0.3 is 0 Å². The number of hydrogen-bond donors (Lipinski definition) is 1. The van der Waals surface area contributed by atoms with Crippen molar-refractivity contribution in [3.05, 3.63) is 18.3 Å². The van der Waals surface area contributed by atoms with E-state index in [0.717, 1.165) is 11.5 Å². The topological polar surface area (TPSA) is 60.5 Å². The SMILES string of the molecule is CCOc1ccc(N=C(N)C2CC2)cn1. The van der Waals surface area contributed by atoms with Crippen molar-refractivity contribution >= 4 is 11.5 Å². The van der Waals surface area contributed by atoms with Gasteiger partial charge in [0.15, 0.2) is 0 Å². The van der Waals surface area contributed by atoms with Crippen molar-refractivity contribution in [1.82, 2.24) is 4.98 Å². The number of aromatic nitrogens is 1.